The van der Waals surface area contributed by atoms with Crippen LogP contribution in [-0.2, 0) is 0 Å². The molecule has 0 aliphatic heterocycles. The van der Waals surface area contributed by atoms with Crippen molar-refractivity contribution in [3.05, 3.63) is 510 Å². The topological polar surface area (TPSA) is 155 Å². The first-order valence-electron chi connectivity index (χ1n) is 48.7. The first-order chi connectivity index (χ1) is 72.8. The van der Waals surface area contributed by atoms with Crippen molar-refractivity contribution in [3.8, 4) is 201 Å². The van der Waals surface area contributed by atoms with Crippen molar-refractivity contribution >= 4 is 97.0 Å². The fourth-order valence-electron chi connectivity index (χ4n) is 19.1. The smallest absolute Gasteiger partial charge is 0.164 e. The summed E-state index contributed by atoms with van der Waals surface area (Å²) in [6, 6.07) is 176. The third-order valence-corrected chi connectivity index (χ3v) is 29.4. The molecule has 0 saturated carbocycles. The first kappa shape index (κ1) is 89.5. The molecule has 0 unspecified atom stereocenters. The van der Waals surface area contributed by atoms with Gasteiger partial charge in [-0.15, -0.1) is 34.0 Å². The van der Waals surface area contributed by atoms with Gasteiger partial charge in [-0.2, -0.15) is 0 Å². The highest BCUT2D eigenvalue weighted by molar-refractivity contribution is 7.22. The Morgan fingerprint density at radius 3 is 0.667 bits per heavy atom. The minimum Gasteiger partial charge on any atom is -0.235 e. The van der Waals surface area contributed by atoms with Crippen LogP contribution in [0.5, 0.6) is 0 Å². The van der Waals surface area contributed by atoms with Gasteiger partial charge in [0.15, 0.2) is 52.4 Å². The van der Waals surface area contributed by atoms with Crippen LogP contribution in [0.15, 0.2) is 510 Å². The van der Waals surface area contributed by atoms with E-state index in [1.165, 1.54) is 43.4 Å². The highest BCUT2D eigenvalue weighted by Gasteiger charge is 2.25. The van der Waals surface area contributed by atoms with Gasteiger partial charge >= 0.3 is 0 Å². The maximum absolute atomic E-state index is 5.26. The molecule has 690 valence electrons. The Kier molecular flexibility index (Phi) is 24.5. The largest absolute Gasteiger partial charge is 0.235 e. The molecule has 0 aliphatic carbocycles. The maximum atomic E-state index is 5.26. The Labute approximate surface area is 860 Å². The van der Waals surface area contributed by atoms with Crippen molar-refractivity contribution in [3.63, 3.8) is 0 Å². The quantitative estimate of drug-likeness (QED) is 0.0803. The fraction of sp³-hybridized carbons (Fsp3) is 0. The van der Waals surface area contributed by atoms with Gasteiger partial charge < -0.3 is 0 Å². The van der Waals surface area contributed by atoms with E-state index in [0.717, 1.165) is 168 Å². The Balaban J connectivity index is 0.000000115. The molecule has 0 fully saturated rings. The zero-order valence-electron chi connectivity index (χ0n) is 79.1. The summed E-state index contributed by atoms with van der Waals surface area (Å²) < 4.78 is 3.42. The van der Waals surface area contributed by atoms with Gasteiger partial charge in [0.05, 0.1) is 30.6 Å². The predicted molar refractivity (Wildman–Crippen MR) is 609 cm³/mol. The minimum atomic E-state index is 0.629. The van der Waals surface area contributed by atoms with Crippen LogP contribution in [0.3, 0.4) is 0 Å². The summed E-state index contributed by atoms with van der Waals surface area (Å²) in [4.78, 5) is 60.4. The van der Waals surface area contributed by atoms with Crippen LogP contribution in [0.1, 0.15) is 0 Å². The van der Waals surface area contributed by atoms with Crippen molar-refractivity contribution in [1.82, 2.24) is 59.8 Å². The first-order valence-corrected chi connectivity index (χ1v) is 51.1. The second-order valence-electron chi connectivity index (χ2n) is 35.7. The number of benzene rings is 21. The number of fused-ring (bicyclic) bond motifs is 6. The van der Waals surface area contributed by atoms with Gasteiger partial charge in [0.25, 0.3) is 0 Å². The molecule has 6 heterocycles. The van der Waals surface area contributed by atoms with Crippen LogP contribution in [0.2, 0.25) is 0 Å². The zero-order valence-corrected chi connectivity index (χ0v) is 81.5. The van der Waals surface area contributed by atoms with E-state index in [2.05, 4.69) is 309 Å². The molecule has 27 aromatic rings. The Hall–Kier alpha value is -18.9. The van der Waals surface area contributed by atoms with Crippen molar-refractivity contribution < 1.29 is 0 Å². The molecule has 6 aromatic heterocycles. The van der Waals surface area contributed by atoms with Crippen LogP contribution in [0, 0.1) is 0 Å². The molecule has 0 bridgehead atoms. The molecule has 0 saturated heterocycles. The number of nitrogens with zero attached hydrogens (tertiary/aromatic N) is 12. The lowest BCUT2D eigenvalue weighted by Crippen LogP contribution is -2.01. The SMILES string of the molecule is c1ccc(-c2nc(-c3ccccc3)nc(-c3ccc(-c4cc(-c5cccc6ccccc56)c5nc(-c6ccccc6)sc5c4)cc3)n2)cc1.c1ccc(-c2nc(-c3ccccc3)nc(-c3cccc(-c4cc(-c5cccc6ccccc56)c5nc(-c6ccccc6)sc5c4)c3)n2)cc1.c1ccc(-c2nc(-c3ccccc3)nc(-c3ccccc3-c3cc(-c4cccc5ccccc45)c4nc(-c5ccccc5)sc4c3)n2)cc1. The van der Waals surface area contributed by atoms with Crippen molar-refractivity contribution in [2.24, 2.45) is 0 Å². The van der Waals surface area contributed by atoms with E-state index in [9.17, 15) is 0 Å². The molecule has 147 heavy (non-hydrogen) atoms. The average Bonchev–Trinajstić information content (AvgIpc) is 1.72. The van der Waals surface area contributed by atoms with E-state index in [1.807, 2.05) is 200 Å². The van der Waals surface area contributed by atoms with Crippen LogP contribution in [0.4, 0.5) is 0 Å². The Bertz CT molecular complexity index is 9330. The number of hydrogen-bond acceptors (Lipinski definition) is 15. The van der Waals surface area contributed by atoms with Gasteiger partial charge in [-0.25, -0.2) is 59.8 Å². The number of thiazole rings is 3. The molecule has 27 rings (SSSR count). The van der Waals surface area contributed by atoms with Crippen molar-refractivity contribution in [2.45, 2.75) is 0 Å². The van der Waals surface area contributed by atoms with Crippen LogP contribution >= 0.6 is 34.0 Å². The van der Waals surface area contributed by atoms with Crippen molar-refractivity contribution in [1.29, 1.82) is 0 Å². The molecule has 0 N–H and O–H groups in total. The summed E-state index contributed by atoms with van der Waals surface area (Å²) in [5.74, 6) is 5.78. The zero-order chi connectivity index (χ0) is 97.7. The molecule has 15 heteroatoms. The van der Waals surface area contributed by atoms with Crippen LogP contribution in [0.25, 0.3) is 264 Å². The second-order valence-corrected chi connectivity index (χ2v) is 38.8. The number of rotatable bonds is 18. The van der Waals surface area contributed by atoms with Crippen molar-refractivity contribution in [2.75, 3.05) is 0 Å². The Morgan fingerprint density at radius 2 is 0.333 bits per heavy atom. The highest BCUT2D eigenvalue weighted by Crippen LogP contribution is 2.48. The van der Waals surface area contributed by atoms with E-state index >= 15 is 0 Å². The molecule has 0 spiro atoms. The van der Waals surface area contributed by atoms with Crippen LogP contribution in [-0.4, -0.2) is 59.8 Å². The fourth-order valence-corrected chi connectivity index (χ4v) is 22.2. The second kappa shape index (κ2) is 40.2. The van der Waals surface area contributed by atoms with E-state index in [4.69, 9.17) is 59.8 Å². The Morgan fingerprint density at radius 1 is 0.116 bits per heavy atom. The van der Waals surface area contributed by atoms with Gasteiger partial charge in [0.1, 0.15) is 15.0 Å². The average molecular weight is 1930 g/mol. The lowest BCUT2D eigenvalue weighted by molar-refractivity contribution is 1.07. The summed E-state index contributed by atoms with van der Waals surface area (Å²) in [7, 11) is 0. The van der Waals surface area contributed by atoms with Gasteiger partial charge in [-0.1, -0.05) is 467 Å². The summed E-state index contributed by atoms with van der Waals surface area (Å²) in [6.07, 6.45) is 0. The van der Waals surface area contributed by atoms with Gasteiger partial charge in [-0.3, -0.25) is 0 Å². The lowest BCUT2D eigenvalue weighted by atomic mass is 9.92. The monoisotopic (exact) mass is 1930 g/mol. The van der Waals surface area contributed by atoms with E-state index in [1.54, 1.807) is 34.0 Å². The van der Waals surface area contributed by atoms with E-state index in [0.29, 0.717) is 52.4 Å². The third kappa shape index (κ3) is 18.6. The normalized spacial score (nSPS) is 11.3. The molecule has 0 radical (unpaired) electrons. The lowest BCUT2D eigenvalue weighted by Gasteiger charge is -2.14. The molecule has 21 aromatic carbocycles. The molecular formula is C132H84N12S3. The number of hydrogen-bond donors (Lipinski definition) is 0. The van der Waals surface area contributed by atoms with E-state index in [-0.39, 0.29) is 0 Å². The molecule has 0 amide bonds. The van der Waals surface area contributed by atoms with Gasteiger partial charge in [0, 0.05) is 83.5 Å². The molecule has 0 aliphatic rings. The minimum absolute atomic E-state index is 0.629. The predicted octanol–water partition coefficient (Wildman–Crippen LogP) is 34.9. The highest BCUT2D eigenvalue weighted by atomic mass is 32.1. The van der Waals surface area contributed by atoms with Gasteiger partial charge in [0.2, 0.25) is 0 Å². The maximum Gasteiger partial charge on any atom is 0.164 e. The third-order valence-electron chi connectivity index (χ3n) is 26.3. The molecule has 0 atom stereocenters. The summed E-state index contributed by atoms with van der Waals surface area (Å²) in [5, 5.41) is 10.3. The standard InChI is InChI=1S/3C44H28N4S/c1-4-15-30(16-5-1)41-46-42(31-17-6-2-7-18-31)48-43(47-41)34-23-12-22-33(26-34)35-27-38(37-25-13-21-29-14-10-11-24-36(29)37)40-39(28-35)49-44(45-40)32-19-8-3-9-20-32;1-4-16-30(17-5-1)41-46-42(31-18-6-2-7-19-31)48-43(47-41)37-25-13-12-24-35(37)33-27-38(36-26-14-22-29-15-10-11-23-34(29)36)40-39(28-33)49-44(45-40)32-20-8-3-9-21-32;1-4-14-31(15-5-1)41-46-42(32-16-6-2-7-17-32)48-43(47-41)33-25-23-29(24-26-33)35-27-38(37-22-12-20-30-13-10-11-21-36(30)37)40-39(28-35)49-44(45-40)34-18-8-3-9-19-34/h3*1-28H. The van der Waals surface area contributed by atoms with Gasteiger partial charge in [-0.05, 0) is 125 Å². The molecular weight excluding hydrogens is 1850 g/mol. The summed E-state index contributed by atoms with van der Waals surface area (Å²) >= 11 is 5.19. The summed E-state index contributed by atoms with van der Waals surface area (Å²) in [6.45, 7) is 0. The summed E-state index contributed by atoms with van der Waals surface area (Å²) in [5.41, 5.74) is 28.3. The van der Waals surface area contributed by atoms with Crippen LogP contribution < -0.4 is 0 Å². The van der Waals surface area contributed by atoms with E-state index < -0.39 is 0 Å². The molecule has 12 nitrogen and oxygen atoms in total. The number of aromatic nitrogens is 12.